The molecule has 0 saturated heterocycles. The second-order valence-electron chi connectivity index (χ2n) is 9.54. The van der Waals surface area contributed by atoms with Crippen LogP contribution in [0, 0.1) is 0 Å². The lowest BCUT2D eigenvalue weighted by Crippen LogP contribution is -2.40. The van der Waals surface area contributed by atoms with E-state index < -0.39 is 0 Å². The van der Waals surface area contributed by atoms with Crippen molar-refractivity contribution in [3.8, 4) is 0 Å². The van der Waals surface area contributed by atoms with Gasteiger partial charge in [0.1, 0.15) is 0 Å². The summed E-state index contributed by atoms with van der Waals surface area (Å²) < 4.78 is 3.31. The smallest absolute Gasteiger partial charge is 0.169 e. The Balaban J connectivity index is 1.83. The third-order valence-electron chi connectivity index (χ3n) is 6.19. The Morgan fingerprint density at radius 2 is 0.938 bits per heavy atom. The second kappa shape index (κ2) is 9.50. The number of hydrogen-bond donors (Lipinski definition) is 0. The summed E-state index contributed by atoms with van der Waals surface area (Å²) in [4.78, 5) is 0. The summed E-state index contributed by atoms with van der Waals surface area (Å²) in [6, 6.07) is 37.3. The minimum Gasteiger partial charge on any atom is -0.331 e. The molecule has 0 bridgehead atoms. The first-order chi connectivity index (χ1) is 15.5. The van der Waals surface area contributed by atoms with Crippen LogP contribution in [0.2, 0.25) is 0 Å². The maximum absolute atomic E-state index is 2.31. The van der Waals surface area contributed by atoms with E-state index >= 15 is 0 Å². The summed E-state index contributed by atoms with van der Waals surface area (Å²) >= 11 is 0. The summed E-state index contributed by atoms with van der Waals surface area (Å²) in [5.74, 6) is 0. The highest BCUT2D eigenvalue weighted by molar-refractivity contribution is 5.59. The number of benzene rings is 3. The van der Waals surface area contributed by atoms with Gasteiger partial charge in [0.25, 0.3) is 0 Å². The molecule has 0 saturated carbocycles. The molecule has 2 heteroatoms. The Morgan fingerprint density at radius 3 is 1.31 bits per heavy atom. The van der Waals surface area contributed by atoms with Crippen molar-refractivity contribution < 1.29 is 9.05 Å². The zero-order chi connectivity index (χ0) is 22.4. The maximum atomic E-state index is 2.31. The zero-order valence-corrected chi connectivity index (χ0v) is 19.5. The average Bonchev–Trinajstić information content (AvgIpc) is 2.82. The molecule has 0 aliphatic carbocycles. The summed E-state index contributed by atoms with van der Waals surface area (Å²) in [5, 5.41) is 0. The fourth-order valence-electron chi connectivity index (χ4n) is 4.65. The number of aryl methyl sites for hydroxylation is 1. The van der Waals surface area contributed by atoms with E-state index in [0.29, 0.717) is 0 Å². The van der Waals surface area contributed by atoms with Crippen molar-refractivity contribution >= 4 is 0 Å². The van der Waals surface area contributed by atoms with Crippen LogP contribution in [0.15, 0.2) is 116 Å². The van der Waals surface area contributed by atoms with Crippen LogP contribution in [0.25, 0.3) is 0 Å². The largest absolute Gasteiger partial charge is 0.331 e. The van der Waals surface area contributed by atoms with Crippen molar-refractivity contribution in [2.45, 2.75) is 18.4 Å². The predicted octanol–water partition coefficient (Wildman–Crippen LogP) is 5.45. The van der Waals surface area contributed by atoms with Gasteiger partial charge in [-0.25, -0.2) is 4.57 Å². The van der Waals surface area contributed by atoms with E-state index in [1.165, 1.54) is 22.3 Å². The molecule has 0 amide bonds. The quantitative estimate of drug-likeness (QED) is 0.202. The molecule has 0 unspecified atom stereocenters. The zero-order valence-electron chi connectivity index (χ0n) is 19.5. The molecule has 0 aliphatic heterocycles. The highest BCUT2D eigenvalue weighted by Gasteiger charge is 2.38. The Bertz CT molecular complexity index is 1000. The summed E-state index contributed by atoms with van der Waals surface area (Å²) in [6.07, 6.45) is 5.65. The molecular weight excluding hydrogens is 388 g/mol. The lowest BCUT2D eigenvalue weighted by molar-refractivity contribution is -0.873. The number of pyridine rings is 1. The van der Waals surface area contributed by atoms with Crippen LogP contribution in [0.1, 0.15) is 28.7 Å². The van der Waals surface area contributed by atoms with E-state index in [0.717, 1.165) is 24.0 Å². The van der Waals surface area contributed by atoms with E-state index in [1.807, 2.05) is 0 Å². The molecule has 0 N–H and O–H groups in total. The number of hydrogen-bond acceptors (Lipinski definition) is 0. The van der Waals surface area contributed by atoms with Crippen LogP contribution in [0.5, 0.6) is 0 Å². The van der Waals surface area contributed by atoms with Crippen molar-refractivity contribution in [2.24, 2.45) is 0 Å². The highest BCUT2D eigenvalue weighted by Crippen LogP contribution is 2.44. The molecule has 1 aromatic heterocycles. The van der Waals surface area contributed by atoms with E-state index in [-0.39, 0.29) is 5.41 Å². The number of nitrogens with zero attached hydrogens (tertiary/aromatic N) is 2. The second-order valence-corrected chi connectivity index (χ2v) is 9.54. The predicted molar refractivity (Wildman–Crippen MR) is 132 cm³/mol. The first kappa shape index (κ1) is 22.0. The van der Waals surface area contributed by atoms with E-state index in [1.54, 1.807) is 0 Å². The summed E-state index contributed by atoms with van der Waals surface area (Å²) in [7, 11) is 6.76. The Labute approximate surface area is 193 Å². The Morgan fingerprint density at radius 1 is 0.562 bits per heavy atom. The number of rotatable bonds is 8. The van der Waals surface area contributed by atoms with Gasteiger partial charge in [-0.1, -0.05) is 91.0 Å². The monoisotopic (exact) mass is 422 g/mol. The lowest BCUT2D eigenvalue weighted by atomic mass is 9.65. The molecular formula is C30H34N2+2. The standard InChI is InChI=1S/C30H34N2/c1-32(2,3)25-13-22-31-23-20-29(21-24-31)30(26-14-7-4-8-15-26,27-16-9-5-10-17-27)28-18-11-6-12-19-28/h4-12,14-21,23-24H,13,22,25H2,1-3H3/q+2. The van der Waals surface area contributed by atoms with Gasteiger partial charge in [-0.05, 0) is 22.3 Å². The van der Waals surface area contributed by atoms with Crippen molar-refractivity contribution in [3.63, 3.8) is 0 Å². The number of quaternary nitrogens is 1. The topological polar surface area (TPSA) is 3.88 Å². The van der Waals surface area contributed by atoms with Gasteiger partial charge in [-0.15, -0.1) is 0 Å². The molecule has 0 atom stereocenters. The fraction of sp³-hybridized carbons (Fsp3) is 0.233. The van der Waals surface area contributed by atoms with Crippen LogP contribution in [-0.2, 0) is 12.0 Å². The lowest BCUT2D eigenvalue weighted by Gasteiger charge is -2.36. The van der Waals surface area contributed by atoms with Crippen LogP contribution in [0.3, 0.4) is 0 Å². The van der Waals surface area contributed by atoms with Gasteiger partial charge in [0.05, 0.1) is 39.5 Å². The minimum atomic E-state index is -0.370. The Hall–Kier alpha value is -3.23. The van der Waals surface area contributed by atoms with Gasteiger partial charge in [0, 0.05) is 12.1 Å². The van der Waals surface area contributed by atoms with Gasteiger partial charge in [0.15, 0.2) is 18.9 Å². The van der Waals surface area contributed by atoms with Crippen LogP contribution >= 0.6 is 0 Å². The summed E-state index contributed by atoms with van der Waals surface area (Å²) in [5.41, 5.74) is 4.75. The first-order valence-electron chi connectivity index (χ1n) is 11.5. The molecule has 0 radical (unpaired) electrons. The van der Waals surface area contributed by atoms with Crippen molar-refractivity contribution in [1.82, 2.24) is 0 Å². The van der Waals surface area contributed by atoms with E-state index in [9.17, 15) is 0 Å². The Kier molecular flexibility index (Phi) is 6.53. The van der Waals surface area contributed by atoms with Crippen LogP contribution in [0.4, 0.5) is 0 Å². The first-order valence-corrected chi connectivity index (χ1v) is 11.5. The molecule has 3 aromatic carbocycles. The molecule has 162 valence electrons. The van der Waals surface area contributed by atoms with Crippen molar-refractivity contribution in [3.05, 3.63) is 138 Å². The summed E-state index contributed by atoms with van der Waals surface area (Å²) in [6.45, 7) is 2.20. The third-order valence-corrected chi connectivity index (χ3v) is 6.19. The fourth-order valence-corrected chi connectivity index (χ4v) is 4.65. The molecule has 0 aliphatic rings. The third kappa shape index (κ3) is 4.66. The average molecular weight is 423 g/mol. The van der Waals surface area contributed by atoms with Crippen molar-refractivity contribution in [2.75, 3.05) is 27.7 Å². The van der Waals surface area contributed by atoms with Gasteiger partial charge in [0.2, 0.25) is 0 Å². The van der Waals surface area contributed by atoms with Gasteiger partial charge < -0.3 is 4.48 Å². The molecule has 1 heterocycles. The number of aromatic nitrogens is 1. The molecule has 4 rings (SSSR count). The molecule has 2 nitrogen and oxygen atoms in total. The van der Waals surface area contributed by atoms with E-state index in [2.05, 4.69) is 141 Å². The maximum Gasteiger partial charge on any atom is 0.169 e. The van der Waals surface area contributed by atoms with Crippen LogP contribution in [-0.4, -0.2) is 32.2 Å². The van der Waals surface area contributed by atoms with Gasteiger partial charge >= 0.3 is 0 Å². The van der Waals surface area contributed by atoms with Gasteiger partial charge in [-0.2, -0.15) is 0 Å². The molecule has 0 spiro atoms. The normalized spacial score (nSPS) is 12.0. The molecule has 0 fully saturated rings. The molecule has 32 heavy (non-hydrogen) atoms. The molecule has 4 aromatic rings. The van der Waals surface area contributed by atoms with Crippen molar-refractivity contribution in [1.29, 1.82) is 0 Å². The highest BCUT2D eigenvalue weighted by atomic mass is 15.3. The minimum absolute atomic E-state index is 0.370. The van der Waals surface area contributed by atoms with E-state index in [4.69, 9.17) is 0 Å². The SMILES string of the molecule is C[N+](C)(C)CCC[n+]1ccc(C(c2ccccc2)(c2ccccc2)c2ccccc2)cc1. The van der Waals surface area contributed by atoms with Gasteiger partial charge in [-0.3, -0.25) is 0 Å². The van der Waals surface area contributed by atoms with Crippen LogP contribution < -0.4 is 4.57 Å².